The average molecular weight is 360 g/mol. The van der Waals surface area contributed by atoms with E-state index >= 15 is 0 Å². The molecular formula is C19H19ClFN3O. The lowest BCUT2D eigenvalue weighted by Gasteiger charge is -2.18. The Bertz CT molecular complexity index is 922. The maximum Gasteiger partial charge on any atom is 0.254 e. The van der Waals surface area contributed by atoms with Crippen LogP contribution >= 0.6 is 11.6 Å². The topological polar surface area (TPSA) is 38.1 Å². The first-order chi connectivity index (χ1) is 12.0. The number of nitrogens with zero attached hydrogens (tertiary/aromatic N) is 3. The Morgan fingerprint density at radius 3 is 2.76 bits per heavy atom. The Labute approximate surface area is 150 Å². The number of hydrogen-bond acceptors (Lipinski definition) is 2. The van der Waals surface area contributed by atoms with Crippen LogP contribution in [0.5, 0.6) is 0 Å². The highest BCUT2D eigenvalue weighted by atomic mass is 35.5. The van der Waals surface area contributed by atoms with Crippen molar-refractivity contribution in [2.75, 3.05) is 7.05 Å². The van der Waals surface area contributed by atoms with Crippen molar-refractivity contribution in [1.29, 1.82) is 0 Å². The molecule has 1 heterocycles. The van der Waals surface area contributed by atoms with Crippen LogP contribution in [-0.2, 0) is 13.1 Å². The summed E-state index contributed by atoms with van der Waals surface area (Å²) in [5.74, 6) is 0.0853. The van der Waals surface area contributed by atoms with E-state index in [2.05, 4.69) is 11.9 Å². The minimum atomic E-state index is -0.427. The molecule has 0 N–H and O–H groups in total. The third-order valence-corrected chi connectivity index (χ3v) is 4.35. The highest BCUT2D eigenvalue weighted by molar-refractivity contribution is 6.35. The number of amides is 1. The van der Waals surface area contributed by atoms with Crippen LogP contribution in [0.2, 0.25) is 5.02 Å². The van der Waals surface area contributed by atoms with Crippen molar-refractivity contribution in [3.8, 4) is 0 Å². The second-order valence-corrected chi connectivity index (χ2v) is 6.37. The lowest BCUT2D eigenvalue weighted by atomic mass is 10.2. The fourth-order valence-electron chi connectivity index (χ4n) is 2.90. The van der Waals surface area contributed by atoms with Gasteiger partial charge in [0.05, 0.1) is 22.6 Å². The molecule has 0 spiro atoms. The quantitative estimate of drug-likeness (QED) is 0.672. The Kier molecular flexibility index (Phi) is 5.04. The van der Waals surface area contributed by atoms with E-state index in [1.54, 1.807) is 13.1 Å². The Morgan fingerprint density at radius 1 is 1.28 bits per heavy atom. The number of carbonyl (C=O) groups is 1. The Morgan fingerprint density at radius 2 is 2.04 bits per heavy atom. The summed E-state index contributed by atoms with van der Waals surface area (Å²) >= 11 is 6.34. The van der Waals surface area contributed by atoms with Gasteiger partial charge in [-0.15, -0.1) is 0 Å². The molecule has 1 amide bonds. The third-order valence-electron chi connectivity index (χ3n) is 4.04. The van der Waals surface area contributed by atoms with E-state index in [4.69, 9.17) is 11.6 Å². The van der Waals surface area contributed by atoms with Crippen molar-refractivity contribution in [3.63, 3.8) is 0 Å². The van der Waals surface area contributed by atoms with Gasteiger partial charge in [-0.05, 0) is 36.8 Å². The van der Waals surface area contributed by atoms with E-state index < -0.39 is 5.82 Å². The molecule has 2 aromatic carbocycles. The molecule has 3 aromatic rings. The Balaban J connectivity index is 1.93. The molecule has 1 aromatic heterocycles. The fourth-order valence-corrected chi connectivity index (χ4v) is 3.17. The van der Waals surface area contributed by atoms with Crippen molar-refractivity contribution < 1.29 is 9.18 Å². The smallest absolute Gasteiger partial charge is 0.254 e. The number of benzene rings is 2. The summed E-state index contributed by atoms with van der Waals surface area (Å²) in [6.45, 7) is 3.16. The lowest BCUT2D eigenvalue weighted by molar-refractivity contribution is 0.0779. The summed E-state index contributed by atoms with van der Waals surface area (Å²) in [7, 11) is 1.68. The first-order valence-corrected chi connectivity index (χ1v) is 8.53. The number of halogens is 2. The molecule has 0 atom stereocenters. The summed E-state index contributed by atoms with van der Waals surface area (Å²) in [6.07, 6.45) is 0.922. The van der Waals surface area contributed by atoms with Gasteiger partial charge in [-0.1, -0.05) is 30.7 Å². The number of aryl methyl sites for hydroxylation is 1. The molecule has 3 rings (SSSR count). The van der Waals surface area contributed by atoms with Gasteiger partial charge in [-0.2, -0.15) is 0 Å². The van der Waals surface area contributed by atoms with Crippen LogP contribution in [0.3, 0.4) is 0 Å². The van der Waals surface area contributed by atoms with Crippen LogP contribution in [0.4, 0.5) is 4.39 Å². The number of para-hydroxylation sites is 1. The highest BCUT2D eigenvalue weighted by Gasteiger charge is 2.18. The number of hydrogen-bond donors (Lipinski definition) is 0. The van der Waals surface area contributed by atoms with Gasteiger partial charge < -0.3 is 9.47 Å². The predicted octanol–water partition coefficient (Wildman–Crippen LogP) is 4.51. The minimum Gasteiger partial charge on any atom is -0.334 e. The van der Waals surface area contributed by atoms with Crippen molar-refractivity contribution in [3.05, 3.63) is 64.7 Å². The molecule has 0 fully saturated rings. The van der Waals surface area contributed by atoms with Crippen molar-refractivity contribution >= 4 is 28.5 Å². The van der Waals surface area contributed by atoms with Gasteiger partial charge in [0, 0.05) is 19.2 Å². The summed E-state index contributed by atoms with van der Waals surface area (Å²) < 4.78 is 15.4. The fraction of sp³-hybridized carbons (Fsp3) is 0.263. The molecule has 25 heavy (non-hydrogen) atoms. The predicted molar refractivity (Wildman–Crippen MR) is 97.2 cm³/mol. The first-order valence-electron chi connectivity index (χ1n) is 8.16. The van der Waals surface area contributed by atoms with E-state index in [9.17, 15) is 9.18 Å². The molecule has 130 valence electrons. The molecule has 0 aliphatic rings. The second-order valence-electron chi connectivity index (χ2n) is 5.96. The summed E-state index contributed by atoms with van der Waals surface area (Å²) in [6, 6.07) is 11.3. The zero-order valence-corrected chi connectivity index (χ0v) is 14.9. The second kappa shape index (κ2) is 7.23. The van der Waals surface area contributed by atoms with Gasteiger partial charge in [0.15, 0.2) is 0 Å². The van der Waals surface area contributed by atoms with Gasteiger partial charge in [-0.25, -0.2) is 9.37 Å². The molecule has 0 radical (unpaired) electrons. The van der Waals surface area contributed by atoms with Gasteiger partial charge in [0.2, 0.25) is 0 Å². The molecule has 0 aliphatic carbocycles. The molecule has 4 nitrogen and oxygen atoms in total. The monoisotopic (exact) mass is 359 g/mol. The first kappa shape index (κ1) is 17.4. The van der Waals surface area contributed by atoms with Crippen molar-refractivity contribution in [1.82, 2.24) is 14.5 Å². The van der Waals surface area contributed by atoms with Crippen LogP contribution in [0.25, 0.3) is 11.0 Å². The van der Waals surface area contributed by atoms with Crippen LogP contribution in [0.15, 0.2) is 42.5 Å². The minimum absolute atomic E-state index is 0.249. The summed E-state index contributed by atoms with van der Waals surface area (Å²) in [4.78, 5) is 18.7. The number of rotatable bonds is 5. The van der Waals surface area contributed by atoms with Gasteiger partial charge in [0.1, 0.15) is 11.6 Å². The lowest BCUT2D eigenvalue weighted by Crippen LogP contribution is -2.27. The molecule has 0 saturated carbocycles. The zero-order valence-electron chi connectivity index (χ0n) is 14.2. The van der Waals surface area contributed by atoms with E-state index in [0.717, 1.165) is 29.8 Å². The average Bonchev–Trinajstić information content (AvgIpc) is 2.93. The number of fused-ring (bicyclic) bond motifs is 1. The van der Waals surface area contributed by atoms with Gasteiger partial charge >= 0.3 is 0 Å². The molecule has 0 aliphatic heterocycles. The van der Waals surface area contributed by atoms with E-state index in [1.807, 2.05) is 22.8 Å². The van der Waals surface area contributed by atoms with Gasteiger partial charge in [0.25, 0.3) is 5.91 Å². The van der Waals surface area contributed by atoms with Crippen molar-refractivity contribution in [2.24, 2.45) is 0 Å². The van der Waals surface area contributed by atoms with Crippen LogP contribution < -0.4 is 0 Å². The molecule has 0 unspecified atom stereocenters. The molecule has 6 heteroatoms. The largest absolute Gasteiger partial charge is 0.334 e. The highest BCUT2D eigenvalue weighted by Crippen LogP contribution is 2.25. The standard InChI is InChI=1S/C19H19ClFN3O/c1-3-10-24-17(22-16-9-5-8-15(20)18(16)24)12-23(2)19(25)13-6-4-7-14(21)11-13/h4-9,11H,3,10,12H2,1-2H3. The molecule has 0 bridgehead atoms. The van der Waals surface area contributed by atoms with Crippen LogP contribution in [0, 0.1) is 5.82 Å². The van der Waals surface area contributed by atoms with Crippen LogP contribution in [-0.4, -0.2) is 27.4 Å². The van der Waals surface area contributed by atoms with Crippen molar-refractivity contribution in [2.45, 2.75) is 26.4 Å². The van der Waals surface area contributed by atoms with E-state index in [0.29, 0.717) is 17.1 Å². The zero-order chi connectivity index (χ0) is 18.0. The van der Waals surface area contributed by atoms with E-state index in [1.165, 1.54) is 23.1 Å². The SMILES string of the molecule is CCCn1c(CN(C)C(=O)c2cccc(F)c2)nc2cccc(Cl)c21. The maximum absolute atomic E-state index is 13.4. The number of aromatic nitrogens is 2. The Hall–Kier alpha value is -2.40. The maximum atomic E-state index is 13.4. The van der Waals surface area contributed by atoms with Gasteiger partial charge in [-0.3, -0.25) is 4.79 Å². The molecular weight excluding hydrogens is 341 g/mol. The summed E-state index contributed by atoms with van der Waals surface area (Å²) in [5, 5.41) is 0.642. The number of imidazole rings is 1. The molecule has 0 saturated heterocycles. The van der Waals surface area contributed by atoms with E-state index in [-0.39, 0.29) is 5.91 Å². The number of carbonyl (C=O) groups excluding carboxylic acids is 1. The normalized spacial score (nSPS) is 11.0. The third kappa shape index (κ3) is 3.51. The van der Waals surface area contributed by atoms with Crippen LogP contribution in [0.1, 0.15) is 29.5 Å². The summed E-state index contributed by atoms with van der Waals surface area (Å²) in [5.41, 5.74) is 2.01.